The number of amides is 1. The fourth-order valence-electron chi connectivity index (χ4n) is 3.84. The van der Waals surface area contributed by atoms with E-state index in [4.69, 9.17) is 9.15 Å². The van der Waals surface area contributed by atoms with Crippen molar-refractivity contribution in [1.82, 2.24) is 14.7 Å². The third-order valence-corrected chi connectivity index (χ3v) is 5.03. The minimum atomic E-state index is -0.00449. The molecule has 1 fully saturated rings. The Hall–Kier alpha value is -2.24. The molecule has 1 aliphatic heterocycles. The first-order valence-electron chi connectivity index (χ1n) is 8.31. The zero-order valence-corrected chi connectivity index (χ0v) is 15.3. The molecule has 0 bridgehead atoms. The molecule has 0 N–H and O–H groups in total. The van der Waals surface area contributed by atoms with Gasteiger partial charge in [-0.1, -0.05) is 0 Å². The van der Waals surface area contributed by atoms with Gasteiger partial charge in [-0.25, -0.2) is 4.68 Å². The van der Waals surface area contributed by atoms with E-state index in [1.165, 1.54) is 0 Å². The van der Waals surface area contributed by atoms with E-state index in [0.29, 0.717) is 11.3 Å². The summed E-state index contributed by atoms with van der Waals surface area (Å²) in [4.78, 5) is 15.1. The van der Waals surface area contributed by atoms with Gasteiger partial charge in [0.05, 0.1) is 30.0 Å². The molecule has 6 nitrogen and oxygen atoms in total. The van der Waals surface area contributed by atoms with Crippen molar-refractivity contribution in [2.24, 2.45) is 7.05 Å². The van der Waals surface area contributed by atoms with E-state index in [-0.39, 0.29) is 11.9 Å². The number of hydrogen-bond donors (Lipinski definition) is 0. The summed E-state index contributed by atoms with van der Waals surface area (Å²) in [7, 11) is 3.51. The number of carbonyl (C=O) groups is 1. The molecule has 2 aromatic rings. The van der Waals surface area contributed by atoms with Gasteiger partial charge in [-0.15, -0.1) is 0 Å². The fourth-order valence-corrected chi connectivity index (χ4v) is 3.84. The Morgan fingerprint density at radius 1 is 1.25 bits per heavy atom. The molecule has 0 aromatic carbocycles. The van der Waals surface area contributed by atoms with E-state index in [9.17, 15) is 4.79 Å². The summed E-state index contributed by atoms with van der Waals surface area (Å²) in [5, 5.41) is 4.47. The van der Waals surface area contributed by atoms with Crippen LogP contribution in [0.4, 0.5) is 0 Å². The summed E-state index contributed by atoms with van der Waals surface area (Å²) in [6.07, 6.45) is 1.90. The topological polar surface area (TPSA) is 60.5 Å². The molecular formula is C18H25N3O3. The van der Waals surface area contributed by atoms with Crippen LogP contribution in [0.25, 0.3) is 0 Å². The number of furan rings is 1. The fraction of sp³-hybridized carbons (Fsp3) is 0.556. The first-order valence-corrected chi connectivity index (χ1v) is 8.31. The Balaban J connectivity index is 2.01. The maximum Gasteiger partial charge on any atom is 0.258 e. The third-order valence-electron chi connectivity index (χ3n) is 5.03. The van der Waals surface area contributed by atoms with Gasteiger partial charge >= 0.3 is 0 Å². The molecule has 0 unspecified atom stereocenters. The predicted molar refractivity (Wildman–Crippen MR) is 90.4 cm³/mol. The van der Waals surface area contributed by atoms with Gasteiger partial charge in [0.25, 0.3) is 5.91 Å². The van der Waals surface area contributed by atoms with E-state index in [2.05, 4.69) is 5.10 Å². The molecule has 3 heterocycles. The Morgan fingerprint density at radius 2 is 1.96 bits per heavy atom. The SMILES string of the molecule is COc1c([C@H]2CCCN2C(=O)c2c(C)oc(C)c2C)c(C)nn1C. The second-order valence-electron chi connectivity index (χ2n) is 6.50. The highest BCUT2D eigenvalue weighted by molar-refractivity contribution is 5.97. The highest BCUT2D eigenvalue weighted by Crippen LogP contribution is 2.40. The van der Waals surface area contributed by atoms with Crippen molar-refractivity contribution in [3.8, 4) is 5.88 Å². The molecule has 24 heavy (non-hydrogen) atoms. The molecule has 0 saturated carbocycles. The number of rotatable bonds is 3. The van der Waals surface area contributed by atoms with E-state index in [1.54, 1.807) is 11.8 Å². The lowest BCUT2D eigenvalue weighted by molar-refractivity contribution is 0.0731. The van der Waals surface area contributed by atoms with Gasteiger partial charge in [0.15, 0.2) is 0 Å². The second kappa shape index (κ2) is 6.00. The minimum Gasteiger partial charge on any atom is -0.481 e. The highest BCUT2D eigenvalue weighted by atomic mass is 16.5. The lowest BCUT2D eigenvalue weighted by Gasteiger charge is -2.25. The Morgan fingerprint density at radius 3 is 2.54 bits per heavy atom. The largest absolute Gasteiger partial charge is 0.481 e. The first-order chi connectivity index (χ1) is 11.4. The average Bonchev–Trinajstić information content (AvgIpc) is 3.16. The summed E-state index contributed by atoms with van der Waals surface area (Å²) in [5.41, 5.74) is 3.55. The van der Waals surface area contributed by atoms with Crippen molar-refractivity contribution in [2.75, 3.05) is 13.7 Å². The van der Waals surface area contributed by atoms with Crippen molar-refractivity contribution in [1.29, 1.82) is 0 Å². The molecule has 0 radical (unpaired) electrons. The standard InChI is InChI=1S/C18H25N3O3/c1-10-12(3)24-13(4)15(10)17(22)21-9-7-8-14(21)16-11(2)19-20(5)18(16)23-6/h14H,7-9H2,1-6H3/t14-/m1/s1. The summed E-state index contributed by atoms with van der Waals surface area (Å²) in [6.45, 7) is 8.41. The zero-order chi connectivity index (χ0) is 17.6. The summed E-state index contributed by atoms with van der Waals surface area (Å²) in [5.74, 6) is 2.26. The lowest BCUT2D eigenvalue weighted by atomic mass is 10.0. The Kier molecular flexibility index (Phi) is 4.15. The number of aryl methyl sites for hydroxylation is 4. The number of nitrogens with zero attached hydrogens (tertiary/aromatic N) is 3. The van der Waals surface area contributed by atoms with Crippen LogP contribution >= 0.6 is 0 Å². The number of aromatic nitrogens is 2. The molecule has 6 heteroatoms. The maximum absolute atomic E-state index is 13.2. The van der Waals surface area contributed by atoms with Gasteiger partial charge in [0.1, 0.15) is 11.5 Å². The van der Waals surface area contributed by atoms with Gasteiger partial charge in [-0.2, -0.15) is 5.10 Å². The number of hydrogen-bond acceptors (Lipinski definition) is 4. The molecule has 2 aromatic heterocycles. The van der Waals surface area contributed by atoms with Crippen LogP contribution in [0.1, 0.15) is 57.6 Å². The van der Waals surface area contributed by atoms with E-state index in [1.807, 2.05) is 39.6 Å². The summed E-state index contributed by atoms with van der Waals surface area (Å²) in [6, 6.07) is -0.00449. The van der Waals surface area contributed by atoms with Crippen LogP contribution in [0.15, 0.2) is 4.42 Å². The summed E-state index contributed by atoms with van der Waals surface area (Å²) < 4.78 is 12.9. The van der Waals surface area contributed by atoms with Crippen molar-refractivity contribution >= 4 is 5.91 Å². The Bertz CT molecular complexity index is 788. The monoisotopic (exact) mass is 331 g/mol. The van der Waals surface area contributed by atoms with Gasteiger partial charge in [0, 0.05) is 19.2 Å². The molecule has 1 atom stereocenters. The quantitative estimate of drug-likeness (QED) is 0.866. The molecule has 0 spiro atoms. The lowest BCUT2D eigenvalue weighted by Crippen LogP contribution is -2.31. The summed E-state index contributed by atoms with van der Waals surface area (Å²) >= 11 is 0. The van der Waals surface area contributed by atoms with Crippen LogP contribution in [0.3, 0.4) is 0 Å². The van der Waals surface area contributed by atoms with Crippen molar-refractivity contribution < 1.29 is 13.9 Å². The predicted octanol–water partition coefficient (Wildman–Crippen LogP) is 3.23. The van der Waals surface area contributed by atoms with Crippen LogP contribution in [0.2, 0.25) is 0 Å². The smallest absolute Gasteiger partial charge is 0.258 e. The van der Waals surface area contributed by atoms with Crippen molar-refractivity contribution in [2.45, 2.75) is 46.6 Å². The molecule has 1 saturated heterocycles. The van der Waals surface area contributed by atoms with E-state index < -0.39 is 0 Å². The molecule has 0 aliphatic carbocycles. The van der Waals surface area contributed by atoms with Crippen LogP contribution in [-0.2, 0) is 7.05 Å². The number of carbonyl (C=O) groups excluding carboxylic acids is 1. The van der Waals surface area contributed by atoms with Crippen LogP contribution in [-0.4, -0.2) is 34.2 Å². The van der Waals surface area contributed by atoms with Gasteiger partial charge in [-0.05, 0) is 40.5 Å². The zero-order valence-electron chi connectivity index (χ0n) is 15.3. The number of methoxy groups -OCH3 is 1. The number of likely N-dealkylation sites (tertiary alicyclic amines) is 1. The molecule has 1 aliphatic rings. The Labute approximate surface area is 142 Å². The minimum absolute atomic E-state index is 0.00449. The number of ether oxygens (including phenoxy) is 1. The van der Waals surface area contributed by atoms with Gasteiger partial charge in [0.2, 0.25) is 5.88 Å². The van der Waals surface area contributed by atoms with Crippen molar-refractivity contribution in [3.05, 3.63) is 33.9 Å². The van der Waals surface area contributed by atoms with Gasteiger partial charge < -0.3 is 14.1 Å². The van der Waals surface area contributed by atoms with Crippen LogP contribution < -0.4 is 4.74 Å². The van der Waals surface area contributed by atoms with Gasteiger partial charge in [-0.3, -0.25) is 4.79 Å². The van der Waals surface area contributed by atoms with Crippen LogP contribution in [0, 0.1) is 27.7 Å². The molecular weight excluding hydrogens is 306 g/mol. The molecule has 3 rings (SSSR count). The van der Waals surface area contributed by atoms with E-state index >= 15 is 0 Å². The highest BCUT2D eigenvalue weighted by Gasteiger charge is 2.37. The third kappa shape index (κ3) is 2.41. The first kappa shape index (κ1) is 16.6. The van der Waals surface area contributed by atoms with Crippen LogP contribution in [0.5, 0.6) is 5.88 Å². The molecule has 1 amide bonds. The second-order valence-corrected chi connectivity index (χ2v) is 6.50. The van der Waals surface area contributed by atoms with Crippen molar-refractivity contribution in [3.63, 3.8) is 0 Å². The normalized spacial score (nSPS) is 17.6. The van der Waals surface area contributed by atoms with E-state index in [0.717, 1.165) is 47.8 Å². The maximum atomic E-state index is 13.2. The molecule has 130 valence electrons. The average molecular weight is 331 g/mol.